The Morgan fingerprint density at radius 3 is 2.06 bits per heavy atom. The van der Waals surface area contributed by atoms with E-state index in [0.717, 1.165) is 11.3 Å². The quantitative estimate of drug-likeness (QED) is 0.460. The topological polar surface area (TPSA) is 76.7 Å². The Labute approximate surface area is 182 Å². The van der Waals surface area contributed by atoms with Crippen molar-refractivity contribution < 1.29 is 19.1 Å². The van der Waals surface area contributed by atoms with Crippen LogP contribution in [-0.4, -0.2) is 18.0 Å². The van der Waals surface area contributed by atoms with Gasteiger partial charge in [-0.3, -0.25) is 9.59 Å². The zero-order valence-corrected chi connectivity index (χ0v) is 17.4. The Bertz CT molecular complexity index is 960. The van der Waals surface area contributed by atoms with Crippen LogP contribution in [-0.2, 0) is 20.9 Å². The van der Waals surface area contributed by atoms with Gasteiger partial charge in [-0.2, -0.15) is 0 Å². The third-order valence-corrected chi connectivity index (χ3v) is 4.42. The minimum absolute atomic E-state index is 0.000834. The van der Waals surface area contributed by atoms with Crippen LogP contribution in [0, 0.1) is 0 Å². The molecule has 1 unspecified atom stereocenters. The van der Waals surface area contributed by atoms with Gasteiger partial charge in [0, 0.05) is 12.1 Å². The molecule has 0 saturated heterocycles. The largest absolute Gasteiger partial charge is 0.457 e. The van der Waals surface area contributed by atoms with Crippen LogP contribution >= 0.6 is 0 Å². The first-order valence-electron chi connectivity index (χ1n) is 10.2. The summed E-state index contributed by atoms with van der Waals surface area (Å²) in [5.74, 6) is 0.979. The second-order valence-electron chi connectivity index (χ2n) is 6.90. The predicted octanol–water partition coefficient (Wildman–Crippen LogP) is 4.88. The monoisotopic (exact) mass is 418 g/mol. The van der Waals surface area contributed by atoms with E-state index in [1.807, 2.05) is 60.7 Å². The second kappa shape index (κ2) is 11.5. The first-order chi connectivity index (χ1) is 15.1. The Kier molecular flexibility index (Phi) is 8.20. The highest BCUT2D eigenvalue weighted by Gasteiger charge is 2.17. The molecule has 31 heavy (non-hydrogen) atoms. The van der Waals surface area contributed by atoms with Gasteiger partial charge >= 0.3 is 0 Å². The van der Waals surface area contributed by atoms with E-state index in [4.69, 9.17) is 9.47 Å². The van der Waals surface area contributed by atoms with Crippen LogP contribution < -0.4 is 15.4 Å². The van der Waals surface area contributed by atoms with Gasteiger partial charge < -0.3 is 20.1 Å². The molecule has 0 spiro atoms. The van der Waals surface area contributed by atoms with E-state index < -0.39 is 6.23 Å². The van der Waals surface area contributed by atoms with E-state index in [0.29, 0.717) is 24.5 Å². The molecule has 160 valence electrons. The molecule has 3 rings (SSSR count). The van der Waals surface area contributed by atoms with Gasteiger partial charge in [0.2, 0.25) is 11.8 Å². The van der Waals surface area contributed by atoms with Gasteiger partial charge in [0.15, 0.2) is 0 Å². The third kappa shape index (κ3) is 7.60. The zero-order valence-electron chi connectivity index (χ0n) is 17.4. The lowest BCUT2D eigenvalue weighted by atomic mass is 10.2. The molecule has 0 aliphatic carbocycles. The number of carbonyl (C=O) groups is 2. The van der Waals surface area contributed by atoms with Crippen molar-refractivity contribution in [3.63, 3.8) is 0 Å². The number of hydrogen-bond donors (Lipinski definition) is 2. The van der Waals surface area contributed by atoms with E-state index in [1.54, 1.807) is 31.2 Å². The number of ether oxygens (including phenoxy) is 2. The van der Waals surface area contributed by atoms with Crippen LogP contribution in [0.5, 0.6) is 11.5 Å². The number of carbonyl (C=O) groups excluding carboxylic acids is 2. The minimum atomic E-state index is -0.714. The van der Waals surface area contributed by atoms with Crippen molar-refractivity contribution in [2.24, 2.45) is 0 Å². The lowest BCUT2D eigenvalue weighted by Gasteiger charge is -2.19. The smallest absolute Gasteiger partial charge is 0.228 e. The molecule has 0 bridgehead atoms. The number of anilines is 1. The first kappa shape index (κ1) is 22.1. The molecule has 2 amide bonds. The molecule has 0 heterocycles. The Morgan fingerprint density at radius 1 is 0.806 bits per heavy atom. The molecular formula is C25H26N2O4. The lowest BCUT2D eigenvalue weighted by Crippen LogP contribution is -2.39. The van der Waals surface area contributed by atoms with Gasteiger partial charge in [0.05, 0.1) is 13.0 Å². The summed E-state index contributed by atoms with van der Waals surface area (Å²) in [6.07, 6.45) is -0.398. The van der Waals surface area contributed by atoms with Crippen LogP contribution in [0.2, 0.25) is 0 Å². The maximum Gasteiger partial charge on any atom is 0.228 e. The summed E-state index contributed by atoms with van der Waals surface area (Å²) >= 11 is 0. The van der Waals surface area contributed by atoms with Crippen molar-refractivity contribution in [1.29, 1.82) is 0 Å². The van der Waals surface area contributed by atoms with E-state index in [2.05, 4.69) is 10.6 Å². The van der Waals surface area contributed by atoms with Crippen molar-refractivity contribution >= 4 is 17.5 Å². The SMILES string of the molecule is CCC(=O)NC(CC(=O)Nc1ccc(Oc2ccccc2)cc1)OCc1ccccc1. The predicted molar refractivity (Wildman–Crippen MR) is 120 cm³/mol. The fraction of sp³-hybridized carbons (Fsp3) is 0.200. The highest BCUT2D eigenvalue weighted by Crippen LogP contribution is 2.22. The van der Waals surface area contributed by atoms with Crippen LogP contribution in [0.15, 0.2) is 84.9 Å². The average molecular weight is 418 g/mol. The number of benzene rings is 3. The van der Waals surface area contributed by atoms with Crippen LogP contribution in [0.25, 0.3) is 0 Å². The van der Waals surface area contributed by atoms with E-state index in [-0.39, 0.29) is 18.2 Å². The fourth-order valence-electron chi connectivity index (χ4n) is 2.82. The summed E-state index contributed by atoms with van der Waals surface area (Å²) < 4.78 is 11.5. The number of nitrogens with one attached hydrogen (secondary N) is 2. The van der Waals surface area contributed by atoms with E-state index in [9.17, 15) is 9.59 Å². The van der Waals surface area contributed by atoms with Crippen molar-refractivity contribution in [2.45, 2.75) is 32.6 Å². The highest BCUT2D eigenvalue weighted by atomic mass is 16.5. The molecule has 0 aromatic heterocycles. The number of para-hydroxylation sites is 1. The molecule has 0 aliphatic rings. The van der Waals surface area contributed by atoms with E-state index >= 15 is 0 Å². The lowest BCUT2D eigenvalue weighted by molar-refractivity contribution is -0.128. The summed E-state index contributed by atoms with van der Waals surface area (Å²) in [6.45, 7) is 2.05. The van der Waals surface area contributed by atoms with Gasteiger partial charge in [0.25, 0.3) is 0 Å². The van der Waals surface area contributed by atoms with Gasteiger partial charge in [-0.05, 0) is 42.0 Å². The van der Waals surface area contributed by atoms with Crippen molar-refractivity contribution in [3.05, 3.63) is 90.5 Å². The molecule has 0 aliphatic heterocycles. The molecule has 3 aromatic rings. The maximum absolute atomic E-state index is 12.5. The van der Waals surface area contributed by atoms with Gasteiger partial charge in [-0.1, -0.05) is 55.5 Å². The number of rotatable bonds is 10. The first-order valence-corrected chi connectivity index (χ1v) is 10.2. The maximum atomic E-state index is 12.5. The van der Waals surface area contributed by atoms with Gasteiger partial charge in [-0.15, -0.1) is 0 Å². The Balaban J connectivity index is 1.54. The molecule has 3 aromatic carbocycles. The summed E-state index contributed by atoms with van der Waals surface area (Å²) in [5, 5.41) is 5.58. The molecular weight excluding hydrogens is 392 g/mol. The highest BCUT2D eigenvalue weighted by molar-refractivity contribution is 5.91. The van der Waals surface area contributed by atoms with Gasteiger partial charge in [-0.25, -0.2) is 0 Å². The average Bonchev–Trinajstić information content (AvgIpc) is 2.80. The molecule has 0 fully saturated rings. The summed E-state index contributed by atoms with van der Waals surface area (Å²) in [6, 6.07) is 26.2. The summed E-state index contributed by atoms with van der Waals surface area (Å²) in [4.78, 5) is 24.3. The van der Waals surface area contributed by atoms with E-state index in [1.165, 1.54) is 0 Å². The molecule has 0 radical (unpaired) electrons. The molecule has 6 nitrogen and oxygen atoms in total. The van der Waals surface area contributed by atoms with Crippen molar-refractivity contribution in [1.82, 2.24) is 5.32 Å². The van der Waals surface area contributed by atoms with Crippen LogP contribution in [0.1, 0.15) is 25.3 Å². The van der Waals surface area contributed by atoms with Crippen LogP contribution in [0.4, 0.5) is 5.69 Å². The second-order valence-corrected chi connectivity index (χ2v) is 6.90. The Morgan fingerprint density at radius 2 is 1.42 bits per heavy atom. The van der Waals surface area contributed by atoms with Crippen molar-refractivity contribution in [3.8, 4) is 11.5 Å². The number of amides is 2. The number of hydrogen-bond acceptors (Lipinski definition) is 4. The van der Waals surface area contributed by atoms with Gasteiger partial charge in [0.1, 0.15) is 17.7 Å². The summed E-state index contributed by atoms with van der Waals surface area (Å²) in [7, 11) is 0. The van der Waals surface area contributed by atoms with Crippen LogP contribution in [0.3, 0.4) is 0 Å². The molecule has 1 atom stereocenters. The van der Waals surface area contributed by atoms with Crippen molar-refractivity contribution in [2.75, 3.05) is 5.32 Å². The summed E-state index contributed by atoms with van der Waals surface area (Å²) in [5.41, 5.74) is 1.60. The molecule has 6 heteroatoms. The third-order valence-electron chi connectivity index (χ3n) is 4.42. The molecule has 0 saturated carbocycles. The fourth-order valence-corrected chi connectivity index (χ4v) is 2.82. The standard InChI is InChI=1S/C25H26N2O4/c1-2-23(28)27-25(30-18-19-9-5-3-6-10-19)17-24(29)26-20-13-15-22(16-14-20)31-21-11-7-4-8-12-21/h3-16,25H,2,17-18H2,1H3,(H,26,29)(H,27,28). The zero-order chi connectivity index (χ0) is 21.9. The Hall–Kier alpha value is -3.64. The molecule has 2 N–H and O–H groups in total. The normalized spacial score (nSPS) is 11.4. The minimum Gasteiger partial charge on any atom is -0.457 e.